The van der Waals surface area contributed by atoms with E-state index in [1.807, 2.05) is 13.8 Å². The highest BCUT2D eigenvalue weighted by Gasteiger charge is 2.33. The van der Waals surface area contributed by atoms with Crippen molar-refractivity contribution in [2.45, 2.75) is 24.0 Å². The first-order valence-electron chi connectivity index (χ1n) is 5.73. The predicted molar refractivity (Wildman–Crippen MR) is 71.3 cm³/mol. The molecule has 1 atom stereocenters. The third kappa shape index (κ3) is 2.10. The minimum Gasteiger partial charge on any atom is -0.478 e. The third-order valence-electron chi connectivity index (χ3n) is 3.00. The van der Waals surface area contributed by atoms with Crippen molar-refractivity contribution in [1.29, 1.82) is 0 Å². The molecule has 0 spiro atoms. The fourth-order valence-electron chi connectivity index (χ4n) is 1.93. The zero-order chi connectivity index (χ0) is 13.4. The van der Waals surface area contributed by atoms with Crippen LogP contribution in [0.1, 0.15) is 24.2 Å². The molecule has 0 fully saturated rings. The van der Waals surface area contributed by atoms with Gasteiger partial charge in [-0.25, -0.2) is 4.79 Å². The summed E-state index contributed by atoms with van der Waals surface area (Å²) >= 11 is 1.51. The first-order chi connectivity index (χ1) is 8.41. The maximum absolute atomic E-state index is 12.2. The number of carboxylic acids is 1. The molecule has 1 unspecified atom stereocenters. The smallest absolute Gasteiger partial charge is 0.335 e. The summed E-state index contributed by atoms with van der Waals surface area (Å²) < 4.78 is 0. The Hall–Kier alpha value is -1.49. The quantitative estimate of drug-likeness (QED) is 0.892. The summed E-state index contributed by atoms with van der Waals surface area (Å²) in [6.45, 7) is 4.03. The van der Waals surface area contributed by atoms with Gasteiger partial charge in [0.15, 0.2) is 0 Å². The van der Waals surface area contributed by atoms with E-state index in [4.69, 9.17) is 5.11 Å². The molecule has 1 amide bonds. The second-order valence-electron chi connectivity index (χ2n) is 4.67. The number of hydrogen-bond donors (Lipinski definition) is 1. The van der Waals surface area contributed by atoms with Crippen molar-refractivity contribution in [3.05, 3.63) is 23.8 Å². The Bertz CT molecular complexity index is 513. The zero-order valence-electron chi connectivity index (χ0n) is 10.5. The number of carboxylic acid groups (broad SMARTS) is 1. The molecule has 1 heterocycles. The molecule has 0 aliphatic carbocycles. The lowest BCUT2D eigenvalue weighted by molar-refractivity contribution is -0.118. The molecule has 1 aromatic rings. The SMILES string of the molecule is CC(C)C1Sc2ccc(C(=O)O)cc2N(C)C1=O. The van der Waals surface area contributed by atoms with Crippen molar-refractivity contribution in [2.24, 2.45) is 5.92 Å². The average Bonchev–Trinajstić information content (AvgIpc) is 2.32. The Morgan fingerprint density at radius 1 is 1.44 bits per heavy atom. The molecule has 1 aromatic carbocycles. The molecule has 0 bridgehead atoms. The molecular formula is C13H15NO3S. The van der Waals surface area contributed by atoms with Gasteiger partial charge in [0.05, 0.1) is 16.5 Å². The number of nitrogens with zero attached hydrogens (tertiary/aromatic N) is 1. The molecule has 0 saturated carbocycles. The molecule has 1 aliphatic heterocycles. The highest BCUT2D eigenvalue weighted by molar-refractivity contribution is 8.01. The van der Waals surface area contributed by atoms with Crippen LogP contribution in [0.4, 0.5) is 5.69 Å². The Balaban J connectivity index is 2.45. The van der Waals surface area contributed by atoms with Gasteiger partial charge in [0.25, 0.3) is 0 Å². The van der Waals surface area contributed by atoms with E-state index < -0.39 is 5.97 Å². The number of hydrogen-bond acceptors (Lipinski definition) is 3. The summed E-state index contributed by atoms with van der Waals surface area (Å²) in [5, 5.41) is 8.87. The maximum Gasteiger partial charge on any atom is 0.335 e. The fourth-order valence-corrected chi connectivity index (χ4v) is 3.20. The Morgan fingerprint density at radius 3 is 2.67 bits per heavy atom. The second kappa shape index (κ2) is 4.65. The normalized spacial score (nSPS) is 19.0. The summed E-state index contributed by atoms with van der Waals surface area (Å²) in [5.41, 5.74) is 0.888. The van der Waals surface area contributed by atoms with E-state index in [1.165, 1.54) is 11.8 Å². The van der Waals surface area contributed by atoms with Gasteiger partial charge < -0.3 is 10.0 Å². The van der Waals surface area contributed by atoms with Gasteiger partial charge in [-0.05, 0) is 24.1 Å². The van der Waals surface area contributed by atoms with Crippen LogP contribution in [0, 0.1) is 5.92 Å². The number of thioether (sulfide) groups is 1. The van der Waals surface area contributed by atoms with Crippen molar-refractivity contribution in [3.63, 3.8) is 0 Å². The Morgan fingerprint density at radius 2 is 2.11 bits per heavy atom. The van der Waals surface area contributed by atoms with E-state index in [1.54, 1.807) is 30.1 Å². The lowest BCUT2D eigenvalue weighted by atomic mass is 10.1. The van der Waals surface area contributed by atoms with Crippen LogP contribution in [0.25, 0.3) is 0 Å². The first kappa shape index (κ1) is 13.0. The summed E-state index contributed by atoms with van der Waals surface area (Å²) in [6, 6.07) is 4.91. The van der Waals surface area contributed by atoms with E-state index in [2.05, 4.69) is 0 Å². The Labute approximate surface area is 110 Å². The number of carbonyl (C=O) groups excluding carboxylic acids is 1. The van der Waals surface area contributed by atoms with Crippen molar-refractivity contribution in [2.75, 3.05) is 11.9 Å². The van der Waals surface area contributed by atoms with Gasteiger partial charge in [-0.15, -0.1) is 11.8 Å². The molecule has 1 aliphatic rings. The predicted octanol–water partition coefficient (Wildman–Crippen LogP) is 2.48. The van der Waals surface area contributed by atoms with Gasteiger partial charge in [-0.2, -0.15) is 0 Å². The molecular weight excluding hydrogens is 250 g/mol. The van der Waals surface area contributed by atoms with Crippen LogP contribution in [0.5, 0.6) is 0 Å². The van der Waals surface area contributed by atoms with E-state index >= 15 is 0 Å². The molecule has 0 saturated heterocycles. The summed E-state index contributed by atoms with van der Waals surface area (Å²) in [4.78, 5) is 25.6. The Kier molecular flexibility index (Phi) is 3.34. The van der Waals surface area contributed by atoms with Crippen molar-refractivity contribution < 1.29 is 14.7 Å². The maximum atomic E-state index is 12.2. The molecule has 1 N–H and O–H groups in total. The van der Waals surface area contributed by atoms with Crippen LogP contribution in [-0.2, 0) is 4.79 Å². The largest absolute Gasteiger partial charge is 0.478 e. The minimum absolute atomic E-state index is 0.0324. The van der Waals surface area contributed by atoms with Gasteiger partial charge in [-0.3, -0.25) is 4.79 Å². The third-order valence-corrected chi connectivity index (χ3v) is 4.60. The minimum atomic E-state index is -0.977. The first-order valence-corrected chi connectivity index (χ1v) is 6.61. The number of anilines is 1. The number of fused-ring (bicyclic) bond motifs is 1. The van der Waals surface area contributed by atoms with Gasteiger partial charge in [0.2, 0.25) is 5.91 Å². The lowest BCUT2D eigenvalue weighted by Gasteiger charge is -2.33. The van der Waals surface area contributed by atoms with Crippen LogP contribution >= 0.6 is 11.8 Å². The molecule has 18 heavy (non-hydrogen) atoms. The number of carbonyl (C=O) groups is 2. The van der Waals surface area contributed by atoms with Crippen molar-refractivity contribution in [3.8, 4) is 0 Å². The van der Waals surface area contributed by atoms with Crippen molar-refractivity contribution in [1.82, 2.24) is 0 Å². The van der Waals surface area contributed by atoms with Crippen molar-refractivity contribution >= 4 is 29.3 Å². The molecule has 96 valence electrons. The summed E-state index contributed by atoms with van der Waals surface area (Å²) in [7, 11) is 1.70. The van der Waals surface area contributed by atoms with Gasteiger partial charge in [-0.1, -0.05) is 13.8 Å². The van der Waals surface area contributed by atoms with E-state index in [-0.39, 0.29) is 22.6 Å². The van der Waals surface area contributed by atoms with Gasteiger partial charge >= 0.3 is 5.97 Å². The van der Waals surface area contributed by atoms with E-state index in [9.17, 15) is 9.59 Å². The monoisotopic (exact) mass is 265 g/mol. The van der Waals surface area contributed by atoms with Crippen LogP contribution in [0.2, 0.25) is 0 Å². The number of benzene rings is 1. The number of amides is 1. The fraction of sp³-hybridized carbons (Fsp3) is 0.385. The van der Waals surface area contributed by atoms with Crippen LogP contribution in [0.3, 0.4) is 0 Å². The van der Waals surface area contributed by atoms with Gasteiger partial charge in [0.1, 0.15) is 0 Å². The molecule has 2 rings (SSSR count). The lowest BCUT2D eigenvalue weighted by Crippen LogP contribution is -2.40. The van der Waals surface area contributed by atoms with Gasteiger partial charge in [0, 0.05) is 11.9 Å². The molecule has 5 heteroatoms. The topological polar surface area (TPSA) is 57.6 Å². The highest BCUT2D eigenvalue weighted by atomic mass is 32.2. The molecule has 4 nitrogen and oxygen atoms in total. The number of rotatable bonds is 2. The van der Waals surface area contributed by atoms with Crippen LogP contribution in [0.15, 0.2) is 23.1 Å². The standard InChI is InChI=1S/C13H15NO3S/c1-7(2)11-12(15)14(3)9-6-8(13(16)17)4-5-10(9)18-11/h4-7,11H,1-3H3,(H,16,17). The van der Waals surface area contributed by atoms with Crippen LogP contribution in [-0.4, -0.2) is 29.3 Å². The highest BCUT2D eigenvalue weighted by Crippen LogP contribution is 2.41. The average molecular weight is 265 g/mol. The summed E-state index contributed by atoms with van der Waals surface area (Å²) in [5.74, 6) is -0.697. The number of aromatic carboxylic acids is 1. The van der Waals surface area contributed by atoms with E-state index in [0.29, 0.717) is 5.69 Å². The zero-order valence-corrected chi connectivity index (χ0v) is 11.3. The second-order valence-corrected chi connectivity index (χ2v) is 5.85. The molecule has 0 aromatic heterocycles. The van der Waals surface area contributed by atoms with E-state index in [0.717, 1.165) is 4.90 Å². The molecule has 0 radical (unpaired) electrons. The summed E-state index contributed by atoms with van der Waals surface area (Å²) in [6.07, 6.45) is 0. The van der Waals surface area contributed by atoms with Crippen LogP contribution < -0.4 is 4.90 Å².